The van der Waals surface area contributed by atoms with E-state index in [-0.39, 0.29) is 6.04 Å². The third-order valence-corrected chi connectivity index (χ3v) is 4.18. The molecule has 2 rings (SSSR count). The average molecular weight is 297 g/mol. The minimum Gasteiger partial charge on any atom is -0.497 e. The first-order chi connectivity index (χ1) is 9.21. The summed E-state index contributed by atoms with van der Waals surface area (Å²) >= 11 is 7.53. The second-order valence-electron chi connectivity index (χ2n) is 4.33. The number of methoxy groups -OCH3 is 1. The maximum atomic E-state index is 5.94. The zero-order valence-corrected chi connectivity index (χ0v) is 12.3. The van der Waals surface area contributed by atoms with Crippen LogP contribution < -0.4 is 16.0 Å². The molecule has 2 aromatic rings. The number of ether oxygens (including phenoxy) is 1. The molecule has 1 aromatic carbocycles. The lowest BCUT2D eigenvalue weighted by Crippen LogP contribution is -2.38. The molecule has 0 aliphatic rings. The third-order valence-electron chi connectivity index (χ3n) is 2.93. The molecule has 1 aromatic heterocycles. The van der Waals surface area contributed by atoms with Gasteiger partial charge in [0, 0.05) is 10.9 Å². The van der Waals surface area contributed by atoms with E-state index in [9.17, 15) is 0 Å². The summed E-state index contributed by atoms with van der Waals surface area (Å²) in [6, 6.07) is 12.2. The van der Waals surface area contributed by atoms with Crippen LogP contribution in [0.15, 0.2) is 36.4 Å². The van der Waals surface area contributed by atoms with Gasteiger partial charge in [0.15, 0.2) is 0 Å². The summed E-state index contributed by atoms with van der Waals surface area (Å²) in [6.45, 7) is 0. The maximum absolute atomic E-state index is 5.94. The molecule has 3 N–H and O–H groups in total. The van der Waals surface area contributed by atoms with Crippen molar-refractivity contribution >= 4 is 22.9 Å². The SMILES string of the molecule is COc1cccc(CC(Cc2ccc(Cl)s2)NN)c1. The molecule has 0 fully saturated rings. The zero-order chi connectivity index (χ0) is 13.7. The number of benzene rings is 1. The predicted octanol–water partition coefficient (Wildman–Crippen LogP) is 3.03. The number of thiophene rings is 1. The van der Waals surface area contributed by atoms with Gasteiger partial charge in [-0.2, -0.15) is 0 Å². The van der Waals surface area contributed by atoms with Gasteiger partial charge in [-0.1, -0.05) is 23.7 Å². The van der Waals surface area contributed by atoms with Gasteiger partial charge in [-0.25, -0.2) is 0 Å². The molecule has 1 heterocycles. The van der Waals surface area contributed by atoms with Crippen LogP contribution in [-0.4, -0.2) is 13.2 Å². The van der Waals surface area contributed by atoms with E-state index >= 15 is 0 Å². The Kier molecular flexibility index (Phi) is 5.22. The van der Waals surface area contributed by atoms with E-state index in [4.69, 9.17) is 22.2 Å². The summed E-state index contributed by atoms with van der Waals surface area (Å²) < 4.78 is 6.04. The van der Waals surface area contributed by atoms with E-state index in [0.717, 1.165) is 22.9 Å². The number of hydrazine groups is 1. The van der Waals surface area contributed by atoms with E-state index in [1.54, 1.807) is 18.4 Å². The standard InChI is InChI=1S/C14H17ClN2OS/c1-18-12-4-2-3-10(8-12)7-11(17-16)9-13-5-6-14(15)19-13/h2-6,8,11,17H,7,9,16H2,1H3. The van der Waals surface area contributed by atoms with Crippen LogP contribution in [0, 0.1) is 0 Å². The van der Waals surface area contributed by atoms with Gasteiger partial charge in [-0.05, 0) is 42.7 Å². The quantitative estimate of drug-likeness (QED) is 0.636. The Labute approximate surface area is 122 Å². The van der Waals surface area contributed by atoms with E-state index in [1.165, 1.54) is 10.4 Å². The molecule has 0 radical (unpaired) electrons. The number of halogens is 1. The number of rotatable bonds is 6. The predicted molar refractivity (Wildman–Crippen MR) is 80.8 cm³/mol. The Bertz CT molecular complexity index is 530. The second-order valence-corrected chi connectivity index (χ2v) is 6.13. The van der Waals surface area contributed by atoms with Crippen molar-refractivity contribution in [3.8, 4) is 5.75 Å². The van der Waals surface area contributed by atoms with Crippen LogP contribution in [0.2, 0.25) is 4.34 Å². The van der Waals surface area contributed by atoms with Crippen molar-refractivity contribution in [2.24, 2.45) is 5.84 Å². The van der Waals surface area contributed by atoms with Gasteiger partial charge < -0.3 is 4.74 Å². The lowest BCUT2D eigenvalue weighted by molar-refractivity contribution is 0.413. The fourth-order valence-electron chi connectivity index (χ4n) is 1.98. The summed E-state index contributed by atoms with van der Waals surface area (Å²) in [6.07, 6.45) is 1.72. The number of nitrogens with one attached hydrogen (secondary N) is 1. The molecule has 1 atom stereocenters. The van der Waals surface area contributed by atoms with Crippen LogP contribution in [0.25, 0.3) is 0 Å². The molecular formula is C14H17ClN2OS. The monoisotopic (exact) mass is 296 g/mol. The molecular weight excluding hydrogens is 280 g/mol. The van der Waals surface area contributed by atoms with Gasteiger partial charge in [0.1, 0.15) is 5.75 Å². The number of nitrogens with two attached hydrogens (primary N) is 1. The van der Waals surface area contributed by atoms with Crippen molar-refractivity contribution in [3.05, 3.63) is 51.2 Å². The summed E-state index contributed by atoms with van der Waals surface area (Å²) in [7, 11) is 1.67. The largest absolute Gasteiger partial charge is 0.497 e. The van der Waals surface area contributed by atoms with Crippen molar-refractivity contribution in [3.63, 3.8) is 0 Å². The molecule has 0 aliphatic heterocycles. The summed E-state index contributed by atoms with van der Waals surface area (Å²) in [5.41, 5.74) is 4.07. The van der Waals surface area contributed by atoms with E-state index in [2.05, 4.69) is 11.5 Å². The van der Waals surface area contributed by atoms with Crippen molar-refractivity contribution in [2.45, 2.75) is 18.9 Å². The van der Waals surface area contributed by atoms with E-state index in [0.29, 0.717) is 0 Å². The molecule has 0 bridgehead atoms. The van der Waals surface area contributed by atoms with Gasteiger partial charge in [0.25, 0.3) is 0 Å². The molecule has 0 aliphatic carbocycles. The van der Waals surface area contributed by atoms with E-state index < -0.39 is 0 Å². The molecule has 3 nitrogen and oxygen atoms in total. The highest BCUT2D eigenvalue weighted by Crippen LogP contribution is 2.23. The maximum Gasteiger partial charge on any atom is 0.119 e. The Morgan fingerprint density at radius 1 is 1.32 bits per heavy atom. The Balaban J connectivity index is 2.01. The molecule has 0 amide bonds. The first kappa shape index (κ1) is 14.3. The fraction of sp³-hybridized carbons (Fsp3) is 0.286. The first-order valence-corrected chi connectivity index (χ1v) is 7.24. The normalized spacial score (nSPS) is 12.4. The molecule has 5 heteroatoms. The summed E-state index contributed by atoms with van der Waals surface area (Å²) in [4.78, 5) is 1.23. The Morgan fingerprint density at radius 3 is 2.79 bits per heavy atom. The Hall–Kier alpha value is -1.07. The van der Waals surface area contributed by atoms with Crippen LogP contribution in [-0.2, 0) is 12.8 Å². The van der Waals surface area contributed by atoms with Crippen LogP contribution in [0.3, 0.4) is 0 Å². The summed E-state index contributed by atoms with van der Waals surface area (Å²) in [5.74, 6) is 6.50. The zero-order valence-electron chi connectivity index (χ0n) is 10.7. The molecule has 19 heavy (non-hydrogen) atoms. The minimum absolute atomic E-state index is 0.182. The first-order valence-electron chi connectivity index (χ1n) is 6.04. The van der Waals surface area contributed by atoms with Crippen LogP contribution in [0.5, 0.6) is 5.75 Å². The van der Waals surface area contributed by atoms with Crippen LogP contribution in [0.1, 0.15) is 10.4 Å². The minimum atomic E-state index is 0.182. The van der Waals surface area contributed by atoms with Gasteiger partial charge >= 0.3 is 0 Å². The molecule has 0 saturated carbocycles. The van der Waals surface area contributed by atoms with Gasteiger partial charge in [-0.15, -0.1) is 11.3 Å². The third kappa shape index (κ3) is 4.21. The van der Waals surface area contributed by atoms with E-state index in [1.807, 2.05) is 30.3 Å². The average Bonchev–Trinajstić information content (AvgIpc) is 2.83. The molecule has 0 spiro atoms. The second kappa shape index (κ2) is 6.91. The fourth-order valence-corrected chi connectivity index (χ4v) is 3.15. The smallest absolute Gasteiger partial charge is 0.119 e. The van der Waals surface area contributed by atoms with Crippen molar-refractivity contribution in [1.82, 2.24) is 5.43 Å². The molecule has 1 unspecified atom stereocenters. The number of hydrogen-bond donors (Lipinski definition) is 2. The highest BCUT2D eigenvalue weighted by Gasteiger charge is 2.11. The lowest BCUT2D eigenvalue weighted by Gasteiger charge is -2.15. The Morgan fingerprint density at radius 2 is 2.16 bits per heavy atom. The van der Waals surface area contributed by atoms with Crippen molar-refractivity contribution in [2.75, 3.05) is 7.11 Å². The van der Waals surface area contributed by atoms with Gasteiger partial charge in [0.05, 0.1) is 11.4 Å². The highest BCUT2D eigenvalue weighted by atomic mass is 35.5. The van der Waals surface area contributed by atoms with Gasteiger partial charge in [-0.3, -0.25) is 11.3 Å². The van der Waals surface area contributed by atoms with Crippen LogP contribution >= 0.6 is 22.9 Å². The topological polar surface area (TPSA) is 47.3 Å². The number of hydrogen-bond acceptors (Lipinski definition) is 4. The van der Waals surface area contributed by atoms with Crippen molar-refractivity contribution < 1.29 is 4.74 Å². The van der Waals surface area contributed by atoms with Crippen molar-refractivity contribution in [1.29, 1.82) is 0 Å². The van der Waals surface area contributed by atoms with Gasteiger partial charge in [0.2, 0.25) is 0 Å². The lowest BCUT2D eigenvalue weighted by atomic mass is 10.0. The van der Waals surface area contributed by atoms with Crippen LogP contribution in [0.4, 0.5) is 0 Å². The molecule has 0 saturated heterocycles. The summed E-state index contributed by atoms with van der Waals surface area (Å²) in [5, 5.41) is 0. The highest BCUT2D eigenvalue weighted by molar-refractivity contribution is 7.16. The molecule has 102 valence electrons.